The van der Waals surface area contributed by atoms with Crippen LogP contribution in [0.5, 0.6) is 0 Å². The van der Waals surface area contributed by atoms with E-state index < -0.39 is 16.9 Å². The molecule has 0 aromatic rings. The average Bonchev–Trinajstić information content (AvgIpc) is 2.97. The third-order valence-corrected chi connectivity index (χ3v) is 10.9. The van der Waals surface area contributed by atoms with Gasteiger partial charge in [-0.1, -0.05) is 42.1 Å². The van der Waals surface area contributed by atoms with Crippen molar-refractivity contribution in [2.24, 2.45) is 0 Å². The molecule has 5 heteroatoms. The fourth-order valence-corrected chi connectivity index (χ4v) is 8.80. The van der Waals surface area contributed by atoms with Crippen molar-refractivity contribution in [2.45, 2.75) is 65.2 Å². The molecule has 0 aromatic carbocycles. The molecule has 138 valence electrons. The van der Waals surface area contributed by atoms with Gasteiger partial charge in [0.2, 0.25) is 0 Å². The fraction of sp³-hybridized carbons (Fsp3) is 0.684. The van der Waals surface area contributed by atoms with E-state index in [-0.39, 0.29) is 0 Å². The van der Waals surface area contributed by atoms with Crippen LogP contribution in [0.25, 0.3) is 0 Å². The quantitative estimate of drug-likeness (QED) is 0.317. The van der Waals surface area contributed by atoms with Gasteiger partial charge in [-0.3, -0.25) is 0 Å². The van der Waals surface area contributed by atoms with Gasteiger partial charge in [0.15, 0.2) is 0 Å². The van der Waals surface area contributed by atoms with Gasteiger partial charge in [-0.05, 0) is 46.1 Å². The number of hydrogen-bond acceptors (Lipinski definition) is 3. The lowest BCUT2D eigenvalue weighted by atomic mass is 10.2. The zero-order chi connectivity index (χ0) is 18.1. The molecule has 0 aliphatic heterocycles. The molecule has 0 N–H and O–H groups in total. The lowest BCUT2D eigenvalue weighted by molar-refractivity contribution is 0.0708. The maximum absolute atomic E-state index is 5.96. The molecular formula is C19H36O3Si2. The second-order valence-corrected chi connectivity index (χ2v) is 14.2. The van der Waals surface area contributed by atoms with Crippen molar-refractivity contribution in [2.75, 3.05) is 19.8 Å². The first-order chi connectivity index (χ1) is 11.4. The molecule has 0 saturated heterocycles. The standard InChI is InChI=1S/C19H36O3Si2/c1-7-16-23(5,6)19-15-11-13-18(19)14-12-17-24(20-8-2,21-9-3)22-10-4/h7,13,15H,1,8-12,14,16-17H2,2-6H3. The summed E-state index contributed by atoms with van der Waals surface area (Å²) in [5, 5.41) is 1.62. The first-order valence-electron chi connectivity index (χ1n) is 9.37. The highest BCUT2D eigenvalue weighted by Crippen LogP contribution is 2.34. The number of hydrogen-bond donors (Lipinski definition) is 0. The Bertz CT molecular complexity index is 439. The first kappa shape index (κ1) is 21.6. The van der Waals surface area contributed by atoms with Crippen molar-refractivity contribution >= 4 is 16.9 Å². The van der Waals surface area contributed by atoms with Crippen LogP contribution in [0, 0.1) is 0 Å². The Kier molecular flexibility index (Phi) is 9.45. The second kappa shape index (κ2) is 10.5. The minimum atomic E-state index is -2.50. The van der Waals surface area contributed by atoms with Crippen LogP contribution in [0.3, 0.4) is 0 Å². The van der Waals surface area contributed by atoms with Gasteiger partial charge in [-0.2, -0.15) is 0 Å². The molecule has 0 atom stereocenters. The lowest BCUT2D eigenvalue weighted by Crippen LogP contribution is -2.45. The Hall–Kier alpha value is -0.466. The molecule has 0 aromatic heterocycles. The van der Waals surface area contributed by atoms with E-state index in [1.54, 1.807) is 10.8 Å². The summed E-state index contributed by atoms with van der Waals surface area (Å²) in [6.07, 6.45) is 10.2. The van der Waals surface area contributed by atoms with Crippen LogP contribution in [-0.2, 0) is 13.3 Å². The molecule has 0 spiro atoms. The normalized spacial score (nSPS) is 15.4. The predicted octanol–water partition coefficient (Wildman–Crippen LogP) is 5.51. The minimum Gasteiger partial charge on any atom is -0.374 e. The zero-order valence-corrected chi connectivity index (χ0v) is 18.3. The lowest BCUT2D eigenvalue weighted by Gasteiger charge is -2.29. The fourth-order valence-electron chi connectivity index (χ4n) is 3.48. The molecule has 0 saturated carbocycles. The van der Waals surface area contributed by atoms with Crippen molar-refractivity contribution in [3.63, 3.8) is 0 Å². The predicted molar refractivity (Wildman–Crippen MR) is 108 cm³/mol. The van der Waals surface area contributed by atoms with E-state index in [1.165, 1.54) is 0 Å². The Morgan fingerprint density at radius 2 is 1.62 bits per heavy atom. The Labute approximate surface area is 151 Å². The largest absolute Gasteiger partial charge is 0.500 e. The van der Waals surface area contributed by atoms with Gasteiger partial charge in [0.25, 0.3) is 0 Å². The van der Waals surface area contributed by atoms with Crippen LogP contribution in [0.4, 0.5) is 0 Å². The van der Waals surface area contributed by atoms with Crippen molar-refractivity contribution in [1.82, 2.24) is 0 Å². The van der Waals surface area contributed by atoms with E-state index in [0.29, 0.717) is 19.8 Å². The highest BCUT2D eigenvalue weighted by molar-refractivity contribution is 6.85. The van der Waals surface area contributed by atoms with Crippen molar-refractivity contribution in [3.05, 3.63) is 35.6 Å². The summed E-state index contributed by atoms with van der Waals surface area (Å²) in [5.41, 5.74) is 1.54. The Morgan fingerprint density at radius 3 is 2.12 bits per heavy atom. The van der Waals surface area contributed by atoms with Crippen LogP contribution in [-0.4, -0.2) is 36.7 Å². The van der Waals surface area contributed by atoms with Crippen molar-refractivity contribution in [1.29, 1.82) is 0 Å². The molecule has 0 bridgehead atoms. The van der Waals surface area contributed by atoms with E-state index in [9.17, 15) is 0 Å². The Balaban J connectivity index is 2.67. The maximum atomic E-state index is 5.96. The van der Waals surface area contributed by atoms with Crippen LogP contribution in [0.15, 0.2) is 35.6 Å². The highest BCUT2D eigenvalue weighted by Gasteiger charge is 2.40. The number of allylic oxidation sites excluding steroid dienone is 5. The summed E-state index contributed by atoms with van der Waals surface area (Å²) in [7, 11) is -3.88. The summed E-state index contributed by atoms with van der Waals surface area (Å²) < 4.78 is 17.9. The molecule has 0 unspecified atom stereocenters. The molecule has 0 fully saturated rings. The van der Waals surface area contributed by atoms with Crippen molar-refractivity contribution < 1.29 is 13.3 Å². The van der Waals surface area contributed by atoms with Gasteiger partial charge in [-0.15, -0.1) is 6.58 Å². The molecule has 3 nitrogen and oxygen atoms in total. The van der Waals surface area contributed by atoms with Gasteiger partial charge in [-0.25, -0.2) is 0 Å². The smallest absolute Gasteiger partial charge is 0.374 e. The number of rotatable bonds is 13. The van der Waals surface area contributed by atoms with Gasteiger partial charge in [0, 0.05) is 25.9 Å². The topological polar surface area (TPSA) is 27.7 Å². The van der Waals surface area contributed by atoms with E-state index in [2.05, 4.69) is 37.9 Å². The van der Waals surface area contributed by atoms with E-state index in [1.807, 2.05) is 20.8 Å². The monoisotopic (exact) mass is 368 g/mol. The summed E-state index contributed by atoms with van der Waals surface area (Å²) in [6.45, 7) is 16.8. The zero-order valence-electron chi connectivity index (χ0n) is 16.3. The van der Waals surface area contributed by atoms with Gasteiger partial charge < -0.3 is 13.3 Å². The molecule has 24 heavy (non-hydrogen) atoms. The van der Waals surface area contributed by atoms with Crippen molar-refractivity contribution in [3.8, 4) is 0 Å². The molecule has 1 aliphatic rings. The highest BCUT2D eigenvalue weighted by atomic mass is 28.4. The van der Waals surface area contributed by atoms with E-state index in [4.69, 9.17) is 13.3 Å². The van der Waals surface area contributed by atoms with E-state index in [0.717, 1.165) is 31.4 Å². The third kappa shape index (κ3) is 6.11. The third-order valence-electron chi connectivity index (χ3n) is 4.44. The van der Waals surface area contributed by atoms with Gasteiger partial charge in [0.05, 0.1) is 8.07 Å². The van der Waals surface area contributed by atoms with Gasteiger partial charge >= 0.3 is 8.80 Å². The first-order valence-corrected chi connectivity index (χ1v) is 14.5. The summed E-state index contributed by atoms with van der Waals surface area (Å²) in [6, 6.07) is 2.04. The SMILES string of the molecule is C=CC[Si](C)(C)C1=CCC=C1CCC[Si](OCC)(OCC)OCC. The average molecular weight is 369 g/mol. The molecule has 0 radical (unpaired) electrons. The minimum absolute atomic E-state index is 0.652. The van der Waals surface area contributed by atoms with Crippen LogP contribution in [0.2, 0.25) is 25.2 Å². The summed E-state index contributed by atoms with van der Waals surface area (Å²) in [5.74, 6) is 0. The second-order valence-electron chi connectivity index (χ2n) is 6.80. The molecule has 0 heterocycles. The van der Waals surface area contributed by atoms with Gasteiger partial charge in [0.1, 0.15) is 0 Å². The molecule has 0 amide bonds. The summed E-state index contributed by atoms with van der Waals surface area (Å²) >= 11 is 0. The molecule has 1 rings (SSSR count). The van der Waals surface area contributed by atoms with Crippen LogP contribution in [0.1, 0.15) is 40.0 Å². The molecule has 1 aliphatic carbocycles. The van der Waals surface area contributed by atoms with Crippen LogP contribution < -0.4 is 0 Å². The summed E-state index contributed by atoms with van der Waals surface area (Å²) in [4.78, 5) is 0. The Morgan fingerprint density at radius 1 is 1.04 bits per heavy atom. The maximum Gasteiger partial charge on any atom is 0.500 e. The van der Waals surface area contributed by atoms with Crippen LogP contribution >= 0.6 is 0 Å². The molecular weight excluding hydrogens is 332 g/mol. The van der Waals surface area contributed by atoms with E-state index >= 15 is 0 Å².